The SMILES string of the molecule is Cc1ccc(N2C(=O)c3cnc4c(c(C)nn4-c4ccccc4F)c3C2=O)c(F)c1. The van der Waals surface area contributed by atoms with Gasteiger partial charge in [0.25, 0.3) is 11.8 Å². The van der Waals surface area contributed by atoms with Crippen molar-refractivity contribution >= 4 is 28.5 Å². The first kappa shape index (κ1) is 18.1. The van der Waals surface area contributed by atoms with Crippen molar-refractivity contribution in [2.24, 2.45) is 0 Å². The summed E-state index contributed by atoms with van der Waals surface area (Å²) >= 11 is 0. The summed E-state index contributed by atoms with van der Waals surface area (Å²) in [6.07, 6.45) is 1.25. The minimum Gasteiger partial charge on any atom is -0.268 e. The van der Waals surface area contributed by atoms with Crippen molar-refractivity contribution in [1.29, 1.82) is 0 Å². The summed E-state index contributed by atoms with van der Waals surface area (Å²) in [6, 6.07) is 10.3. The van der Waals surface area contributed by atoms with E-state index in [0.717, 1.165) is 4.90 Å². The van der Waals surface area contributed by atoms with E-state index in [9.17, 15) is 18.4 Å². The van der Waals surface area contributed by atoms with Crippen LogP contribution in [0.2, 0.25) is 0 Å². The largest absolute Gasteiger partial charge is 0.268 e. The number of aryl methyl sites for hydroxylation is 2. The Morgan fingerprint density at radius 1 is 0.900 bits per heavy atom. The van der Waals surface area contributed by atoms with Crippen LogP contribution in [0.4, 0.5) is 14.5 Å². The van der Waals surface area contributed by atoms with E-state index in [2.05, 4.69) is 10.1 Å². The first-order chi connectivity index (χ1) is 14.4. The number of para-hydroxylation sites is 1. The number of anilines is 1. The van der Waals surface area contributed by atoms with Crippen molar-refractivity contribution in [1.82, 2.24) is 14.8 Å². The molecule has 1 aliphatic heterocycles. The van der Waals surface area contributed by atoms with E-state index in [1.54, 1.807) is 32.0 Å². The number of hydrogen-bond acceptors (Lipinski definition) is 4. The third kappa shape index (κ3) is 2.40. The number of rotatable bonds is 2. The van der Waals surface area contributed by atoms with Gasteiger partial charge in [-0.2, -0.15) is 5.10 Å². The van der Waals surface area contributed by atoms with Crippen LogP contribution in [0.5, 0.6) is 0 Å². The first-order valence-electron chi connectivity index (χ1n) is 9.16. The lowest BCUT2D eigenvalue weighted by Crippen LogP contribution is -2.30. The van der Waals surface area contributed by atoms with Crippen molar-refractivity contribution < 1.29 is 18.4 Å². The Morgan fingerprint density at radius 3 is 2.40 bits per heavy atom. The zero-order valence-corrected chi connectivity index (χ0v) is 16.0. The molecule has 6 nitrogen and oxygen atoms in total. The molecule has 0 aliphatic carbocycles. The quantitative estimate of drug-likeness (QED) is 0.472. The van der Waals surface area contributed by atoms with Crippen molar-refractivity contribution in [3.8, 4) is 5.69 Å². The zero-order chi connectivity index (χ0) is 21.2. The van der Waals surface area contributed by atoms with Gasteiger partial charge in [-0.1, -0.05) is 18.2 Å². The average Bonchev–Trinajstić information content (AvgIpc) is 3.17. The van der Waals surface area contributed by atoms with Gasteiger partial charge < -0.3 is 0 Å². The molecule has 0 atom stereocenters. The van der Waals surface area contributed by atoms with Crippen LogP contribution in [0.1, 0.15) is 32.0 Å². The van der Waals surface area contributed by atoms with E-state index in [4.69, 9.17) is 0 Å². The number of pyridine rings is 1. The molecule has 0 saturated carbocycles. The standard InChI is InChI=1S/C22H14F2N4O2/c1-11-7-8-16(15(24)9-11)27-21(29)13-10-25-20-18(19(13)22(27)30)12(2)26-28(20)17-6-4-3-5-14(17)23/h3-10H,1-2H3. The Balaban J connectivity index is 1.74. The molecule has 0 saturated heterocycles. The molecule has 3 heterocycles. The van der Waals surface area contributed by atoms with Crippen LogP contribution < -0.4 is 4.90 Å². The highest BCUT2D eigenvalue weighted by atomic mass is 19.1. The molecule has 0 fully saturated rings. The number of nitrogens with zero attached hydrogens (tertiary/aromatic N) is 4. The molecule has 0 radical (unpaired) electrons. The highest BCUT2D eigenvalue weighted by Gasteiger charge is 2.41. The van der Waals surface area contributed by atoms with E-state index in [1.165, 1.54) is 35.1 Å². The lowest BCUT2D eigenvalue weighted by molar-refractivity contribution is 0.0925. The second kappa shape index (κ2) is 6.28. The maximum atomic E-state index is 14.5. The molecule has 1 aliphatic rings. The fourth-order valence-corrected chi connectivity index (χ4v) is 3.76. The molecule has 4 aromatic rings. The van der Waals surface area contributed by atoms with Gasteiger partial charge in [-0.15, -0.1) is 0 Å². The summed E-state index contributed by atoms with van der Waals surface area (Å²) in [5.41, 5.74) is 1.50. The van der Waals surface area contributed by atoms with Gasteiger partial charge in [0.2, 0.25) is 0 Å². The molecule has 0 N–H and O–H groups in total. The maximum Gasteiger partial charge on any atom is 0.267 e. The topological polar surface area (TPSA) is 68.1 Å². The van der Waals surface area contributed by atoms with Crippen LogP contribution in [0.25, 0.3) is 16.7 Å². The number of hydrogen-bond donors (Lipinski definition) is 0. The highest BCUT2D eigenvalue weighted by Crippen LogP contribution is 2.35. The molecule has 30 heavy (non-hydrogen) atoms. The summed E-state index contributed by atoms with van der Waals surface area (Å²) < 4.78 is 30.1. The fraction of sp³-hybridized carbons (Fsp3) is 0.0909. The van der Waals surface area contributed by atoms with Crippen LogP contribution in [-0.4, -0.2) is 26.6 Å². The lowest BCUT2D eigenvalue weighted by Gasteiger charge is -2.15. The van der Waals surface area contributed by atoms with Crippen LogP contribution >= 0.6 is 0 Å². The number of aromatic nitrogens is 3. The molecule has 148 valence electrons. The number of carbonyl (C=O) groups is 2. The van der Waals surface area contributed by atoms with E-state index in [0.29, 0.717) is 16.6 Å². The van der Waals surface area contributed by atoms with Crippen LogP contribution in [0.3, 0.4) is 0 Å². The minimum absolute atomic E-state index is 0.0589. The summed E-state index contributed by atoms with van der Waals surface area (Å²) in [6.45, 7) is 3.36. The van der Waals surface area contributed by atoms with Gasteiger partial charge in [0.05, 0.1) is 27.9 Å². The lowest BCUT2D eigenvalue weighted by atomic mass is 10.1. The Hall–Kier alpha value is -3.94. The molecule has 5 rings (SSSR count). The van der Waals surface area contributed by atoms with Crippen molar-refractivity contribution in [3.05, 3.63) is 82.7 Å². The Morgan fingerprint density at radius 2 is 1.67 bits per heavy atom. The predicted octanol–water partition coefficient (Wildman–Crippen LogP) is 4.12. The van der Waals surface area contributed by atoms with E-state index < -0.39 is 23.4 Å². The third-order valence-electron chi connectivity index (χ3n) is 5.15. The molecular formula is C22H14F2N4O2. The normalized spacial score (nSPS) is 13.4. The van der Waals surface area contributed by atoms with E-state index >= 15 is 0 Å². The van der Waals surface area contributed by atoms with Gasteiger partial charge in [-0.3, -0.25) is 9.59 Å². The van der Waals surface area contributed by atoms with Gasteiger partial charge in [0, 0.05) is 6.20 Å². The van der Waals surface area contributed by atoms with Crippen LogP contribution in [0.15, 0.2) is 48.7 Å². The molecule has 0 spiro atoms. The number of imide groups is 1. The average molecular weight is 404 g/mol. The van der Waals surface area contributed by atoms with Gasteiger partial charge in [0.15, 0.2) is 5.65 Å². The van der Waals surface area contributed by atoms with Gasteiger partial charge in [-0.05, 0) is 43.7 Å². The number of fused-ring (bicyclic) bond motifs is 3. The van der Waals surface area contributed by atoms with Crippen molar-refractivity contribution in [3.63, 3.8) is 0 Å². The van der Waals surface area contributed by atoms with Gasteiger partial charge in [0.1, 0.15) is 17.3 Å². The van der Waals surface area contributed by atoms with Gasteiger partial charge in [-0.25, -0.2) is 23.3 Å². The third-order valence-corrected chi connectivity index (χ3v) is 5.15. The summed E-state index contributed by atoms with van der Waals surface area (Å²) in [5, 5.41) is 4.68. The first-order valence-corrected chi connectivity index (χ1v) is 9.16. The van der Waals surface area contributed by atoms with Crippen molar-refractivity contribution in [2.45, 2.75) is 13.8 Å². The summed E-state index contributed by atoms with van der Waals surface area (Å²) in [4.78, 5) is 31.3. The number of halogens is 2. The van der Waals surface area contributed by atoms with E-state index in [-0.39, 0.29) is 28.1 Å². The molecule has 2 aromatic carbocycles. The Bertz CT molecular complexity index is 1390. The highest BCUT2D eigenvalue weighted by molar-refractivity contribution is 6.37. The fourth-order valence-electron chi connectivity index (χ4n) is 3.76. The number of carbonyl (C=O) groups excluding carboxylic acids is 2. The van der Waals surface area contributed by atoms with E-state index in [1.807, 2.05) is 0 Å². The molecule has 2 aromatic heterocycles. The molecule has 0 bridgehead atoms. The number of benzene rings is 2. The summed E-state index contributed by atoms with van der Waals surface area (Å²) in [7, 11) is 0. The minimum atomic E-state index is -0.674. The second-order valence-corrected chi connectivity index (χ2v) is 7.09. The smallest absolute Gasteiger partial charge is 0.267 e. The van der Waals surface area contributed by atoms with Gasteiger partial charge >= 0.3 is 0 Å². The molecule has 2 amide bonds. The monoisotopic (exact) mass is 404 g/mol. The summed E-state index contributed by atoms with van der Waals surface area (Å²) in [5.74, 6) is -2.51. The Labute approximate surface area is 169 Å². The molecule has 0 unspecified atom stereocenters. The number of amides is 2. The molecule has 8 heteroatoms. The second-order valence-electron chi connectivity index (χ2n) is 7.09. The predicted molar refractivity (Wildman–Crippen MR) is 106 cm³/mol. The van der Waals surface area contributed by atoms with Crippen LogP contribution in [0, 0.1) is 25.5 Å². The van der Waals surface area contributed by atoms with Crippen LogP contribution in [-0.2, 0) is 0 Å². The van der Waals surface area contributed by atoms with Crippen molar-refractivity contribution in [2.75, 3.05) is 4.90 Å². The molecular weight excluding hydrogens is 390 g/mol. The zero-order valence-electron chi connectivity index (χ0n) is 16.0. The maximum absolute atomic E-state index is 14.5. The Kier molecular flexibility index (Phi) is 3.79.